The summed E-state index contributed by atoms with van der Waals surface area (Å²) in [6.45, 7) is 5.06. The van der Waals surface area contributed by atoms with Crippen LogP contribution in [-0.2, 0) is 0 Å². The van der Waals surface area contributed by atoms with E-state index >= 15 is 0 Å². The number of carboxylic acids is 1. The highest BCUT2D eigenvalue weighted by molar-refractivity contribution is 5.92. The Morgan fingerprint density at radius 2 is 2.22 bits per heavy atom. The van der Waals surface area contributed by atoms with Crippen molar-refractivity contribution >= 4 is 23.1 Å². The van der Waals surface area contributed by atoms with Gasteiger partial charge in [0.15, 0.2) is 5.58 Å². The van der Waals surface area contributed by atoms with Crippen LogP contribution in [0, 0.1) is 5.92 Å². The summed E-state index contributed by atoms with van der Waals surface area (Å²) < 4.78 is 5.57. The molecule has 0 saturated heterocycles. The van der Waals surface area contributed by atoms with Crippen molar-refractivity contribution in [3.63, 3.8) is 0 Å². The van der Waals surface area contributed by atoms with Gasteiger partial charge in [-0.05, 0) is 24.1 Å². The fourth-order valence-electron chi connectivity index (χ4n) is 1.83. The molecule has 1 N–H and O–H groups in total. The van der Waals surface area contributed by atoms with E-state index < -0.39 is 5.97 Å². The molecule has 0 aliphatic rings. The van der Waals surface area contributed by atoms with Crippen LogP contribution in [0.3, 0.4) is 0 Å². The van der Waals surface area contributed by atoms with E-state index in [9.17, 15) is 4.79 Å². The molecule has 1 aromatic carbocycles. The minimum atomic E-state index is -0.967. The summed E-state index contributed by atoms with van der Waals surface area (Å²) in [5.41, 5.74) is 1.38. The third-order valence-corrected chi connectivity index (χ3v) is 2.59. The first-order valence-electron chi connectivity index (χ1n) is 5.82. The zero-order valence-electron chi connectivity index (χ0n) is 10.7. The van der Waals surface area contributed by atoms with Crippen LogP contribution in [-0.4, -0.2) is 29.7 Å². The Morgan fingerprint density at radius 3 is 2.83 bits per heavy atom. The smallest absolute Gasteiger partial charge is 0.335 e. The molecule has 0 spiro atoms. The van der Waals surface area contributed by atoms with Crippen LogP contribution < -0.4 is 4.90 Å². The van der Waals surface area contributed by atoms with Gasteiger partial charge in [0.1, 0.15) is 5.52 Å². The Morgan fingerprint density at radius 1 is 1.50 bits per heavy atom. The van der Waals surface area contributed by atoms with Gasteiger partial charge in [-0.3, -0.25) is 0 Å². The summed E-state index contributed by atoms with van der Waals surface area (Å²) in [5.74, 6) is -0.468. The van der Waals surface area contributed by atoms with Crippen molar-refractivity contribution < 1.29 is 14.3 Å². The monoisotopic (exact) mass is 248 g/mol. The van der Waals surface area contributed by atoms with Crippen molar-refractivity contribution in [2.24, 2.45) is 5.92 Å². The number of hydrogen-bond acceptors (Lipinski definition) is 4. The zero-order valence-corrected chi connectivity index (χ0v) is 10.7. The second-order valence-corrected chi connectivity index (χ2v) is 4.76. The van der Waals surface area contributed by atoms with Crippen molar-refractivity contribution in [1.82, 2.24) is 4.98 Å². The number of hydrogen-bond donors (Lipinski definition) is 1. The van der Waals surface area contributed by atoms with E-state index in [4.69, 9.17) is 9.52 Å². The third kappa shape index (κ3) is 2.45. The molecule has 0 amide bonds. The molecule has 1 heterocycles. The van der Waals surface area contributed by atoms with E-state index in [1.54, 1.807) is 6.07 Å². The largest absolute Gasteiger partial charge is 0.478 e. The standard InChI is InChI=1S/C13H16N2O3/c1-8(2)7-15(3)13-14-10-5-4-9(12(16)17)6-11(10)18-13/h4-6,8H,7H2,1-3H3,(H,16,17). The van der Waals surface area contributed by atoms with Crippen molar-refractivity contribution in [3.05, 3.63) is 23.8 Å². The van der Waals surface area contributed by atoms with E-state index in [1.807, 2.05) is 11.9 Å². The van der Waals surface area contributed by atoms with Crippen LogP contribution in [0.5, 0.6) is 0 Å². The first-order valence-corrected chi connectivity index (χ1v) is 5.82. The van der Waals surface area contributed by atoms with E-state index in [1.165, 1.54) is 12.1 Å². The Kier molecular flexibility index (Phi) is 3.23. The van der Waals surface area contributed by atoms with Gasteiger partial charge in [0, 0.05) is 13.6 Å². The molecule has 5 heteroatoms. The highest BCUT2D eigenvalue weighted by Gasteiger charge is 2.13. The average molecular weight is 248 g/mol. The summed E-state index contributed by atoms with van der Waals surface area (Å²) in [7, 11) is 1.91. The number of anilines is 1. The van der Waals surface area contributed by atoms with Gasteiger partial charge in [-0.2, -0.15) is 4.98 Å². The highest BCUT2D eigenvalue weighted by Crippen LogP contribution is 2.22. The molecule has 5 nitrogen and oxygen atoms in total. The van der Waals surface area contributed by atoms with Gasteiger partial charge < -0.3 is 14.4 Å². The highest BCUT2D eigenvalue weighted by atomic mass is 16.4. The topological polar surface area (TPSA) is 66.6 Å². The van der Waals surface area contributed by atoms with Crippen LogP contribution >= 0.6 is 0 Å². The summed E-state index contributed by atoms with van der Waals surface area (Å²) in [6.07, 6.45) is 0. The molecule has 0 saturated carbocycles. The second kappa shape index (κ2) is 4.68. The number of aromatic nitrogens is 1. The van der Waals surface area contributed by atoms with E-state index in [0.29, 0.717) is 23.0 Å². The maximum absolute atomic E-state index is 10.9. The number of carbonyl (C=O) groups is 1. The molecule has 96 valence electrons. The van der Waals surface area contributed by atoms with Crippen LogP contribution in [0.25, 0.3) is 11.1 Å². The number of aromatic carboxylic acids is 1. The predicted molar refractivity (Wildman–Crippen MR) is 69.1 cm³/mol. The van der Waals surface area contributed by atoms with Crippen molar-refractivity contribution in [3.8, 4) is 0 Å². The van der Waals surface area contributed by atoms with Gasteiger partial charge in [-0.25, -0.2) is 4.79 Å². The Hall–Kier alpha value is -2.04. The number of nitrogens with zero attached hydrogens (tertiary/aromatic N) is 2. The van der Waals surface area contributed by atoms with Gasteiger partial charge in [-0.1, -0.05) is 13.8 Å². The molecule has 1 aromatic heterocycles. The molecule has 2 aromatic rings. The van der Waals surface area contributed by atoms with Gasteiger partial charge in [0.25, 0.3) is 6.01 Å². The molecule has 0 bridgehead atoms. The Labute approximate surface area is 105 Å². The minimum Gasteiger partial charge on any atom is -0.478 e. The first-order chi connectivity index (χ1) is 8.47. The molecule has 0 radical (unpaired) electrons. The SMILES string of the molecule is CC(C)CN(C)c1nc2ccc(C(=O)O)cc2o1. The van der Waals surface area contributed by atoms with E-state index in [0.717, 1.165) is 6.54 Å². The number of rotatable bonds is 4. The lowest BCUT2D eigenvalue weighted by Crippen LogP contribution is -2.22. The summed E-state index contributed by atoms with van der Waals surface area (Å²) in [5, 5.41) is 8.91. The maximum Gasteiger partial charge on any atom is 0.335 e. The fraction of sp³-hybridized carbons (Fsp3) is 0.385. The quantitative estimate of drug-likeness (QED) is 0.900. The van der Waals surface area contributed by atoms with Gasteiger partial charge >= 0.3 is 5.97 Å². The minimum absolute atomic E-state index is 0.205. The van der Waals surface area contributed by atoms with Crippen LogP contribution in [0.1, 0.15) is 24.2 Å². The Balaban J connectivity index is 2.35. The number of benzene rings is 1. The molecular formula is C13H16N2O3. The van der Waals surface area contributed by atoms with Crippen molar-refractivity contribution in [2.45, 2.75) is 13.8 Å². The summed E-state index contributed by atoms with van der Waals surface area (Å²) in [6, 6.07) is 5.20. The lowest BCUT2D eigenvalue weighted by Gasteiger charge is -2.16. The fourth-order valence-corrected chi connectivity index (χ4v) is 1.83. The van der Waals surface area contributed by atoms with E-state index in [2.05, 4.69) is 18.8 Å². The maximum atomic E-state index is 10.9. The molecule has 0 aliphatic carbocycles. The lowest BCUT2D eigenvalue weighted by atomic mass is 10.2. The third-order valence-electron chi connectivity index (χ3n) is 2.59. The number of fused-ring (bicyclic) bond motifs is 1. The van der Waals surface area contributed by atoms with Crippen molar-refractivity contribution in [1.29, 1.82) is 0 Å². The summed E-state index contributed by atoms with van der Waals surface area (Å²) in [4.78, 5) is 17.1. The van der Waals surface area contributed by atoms with E-state index in [-0.39, 0.29) is 5.56 Å². The van der Waals surface area contributed by atoms with Gasteiger partial charge in [-0.15, -0.1) is 0 Å². The molecule has 0 fully saturated rings. The molecular weight excluding hydrogens is 232 g/mol. The molecule has 18 heavy (non-hydrogen) atoms. The predicted octanol–water partition coefficient (Wildman–Crippen LogP) is 2.62. The normalized spacial score (nSPS) is 11.1. The summed E-state index contributed by atoms with van der Waals surface area (Å²) >= 11 is 0. The van der Waals surface area contributed by atoms with Crippen LogP contribution in [0.15, 0.2) is 22.6 Å². The molecule has 0 unspecified atom stereocenters. The number of oxazole rings is 1. The lowest BCUT2D eigenvalue weighted by molar-refractivity contribution is 0.0697. The second-order valence-electron chi connectivity index (χ2n) is 4.76. The number of carboxylic acid groups (broad SMARTS) is 1. The van der Waals surface area contributed by atoms with Gasteiger partial charge in [0.05, 0.1) is 5.56 Å². The average Bonchev–Trinajstić information content (AvgIpc) is 2.70. The Bertz CT molecular complexity index is 575. The first kappa shape index (κ1) is 12.4. The molecule has 2 rings (SSSR count). The van der Waals surface area contributed by atoms with Crippen LogP contribution in [0.4, 0.5) is 6.01 Å². The van der Waals surface area contributed by atoms with Crippen LogP contribution in [0.2, 0.25) is 0 Å². The molecule has 0 atom stereocenters. The zero-order chi connectivity index (χ0) is 13.3. The molecule has 0 aliphatic heterocycles. The van der Waals surface area contributed by atoms with Crippen molar-refractivity contribution in [2.75, 3.05) is 18.5 Å². The van der Waals surface area contributed by atoms with Gasteiger partial charge in [0.2, 0.25) is 0 Å².